The van der Waals surface area contributed by atoms with Gasteiger partial charge >= 0.3 is 0 Å². The zero-order valence-corrected chi connectivity index (χ0v) is 16.6. The first-order valence-corrected chi connectivity index (χ1v) is 9.69. The Labute approximate surface area is 162 Å². The number of amides is 1. The largest absolute Gasteiger partial charge is 0.375 e. The van der Waals surface area contributed by atoms with Gasteiger partial charge in [0.2, 0.25) is 5.91 Å². The quantitative estimate of drug-likeness (QED) is 0.618. The Hall–Kier alpha value is -2.62. The summed E-state index contributed by atoms with van der Waals surface area (Å²) in [6, 6.07) is 16.8. The lowest BCUT2D eigenvalue weighted by Gasteiger charge is -2.20. The summed E-state index contributed by atoms with van der Waals surface area (Å²) in [7, 11) is 2.13. The molecule has 1 atom stereocenters. The molecule has 0 saturated heterocycles. The van der Waals surface area contributed by atoms with Gasteiger partial charge in [0.25, 0.3) is 0 Å². The van der Waals surface area contributed by atoms with Gasteiger partial charge in [-0.3, -0.25) is 4.79 Å². The number of nitrogens with zero attached hydrogens (tertiary/aromatic N) is 1. The van der Waals surface area contributed by atoms with E-state index in [1.165, 1.54) is 24.1 Å². The minimum atomic E-state index is -0.0958. The maximum absolute atomic E-state index is 11.8. The van der Waals surface area contributed by atoms with Crippen LogP contribution in [0.4, 0.5) is 5.69 Å². The molecule has 1 unspecified atom stereocenters. The molecule has 4 nitrogen and oxygen atoms in total. The molecule has 0 bridgehead atoms. The van der Waals surface area contributed by atoms with Gasteiger partial charge in [0.1, 0.15) is 6.29 Å². The highest BCUT2D eigenvalue weighted by Gasteiger charge is 2.10. The lowest BCUT2D eigenvalue weighted by Crippen LogP contribution is -2.26. The molecular weight excluding hydrogens is 336 g/mol. The molecule has 2 rings (SSSR count). The van der Waals surface area contributed by atoms with Crippen LogP contribution in [-0.2, 0) is 9.59 Å². The van der Waals surface area contributed by atoms with E-state index in [1.54, 1.807) is 0 Å². The lowest BCUT2D eigenvalue weighted by molar-refractivity contribution is -0.123. The molecular formula is C23H30N2O2. The van der Waals surface area contributed by atoms with Crippen molar-refractivity contribution in [2.24, 2.45) is 0 Å². The number of hydrogen-bond donors (Lipinski definition) is 1. The Morgan fingerprint density at radius 3 is 2.56 bits per heavy atom. The number of benzene rings is 2. The van der Waals surface area contributed by atoms with Crippen LogP contribution in [0.1, 0.15) is 51.1 Å². The summed E-state index contributed by atoms with van der Waals surface area (Å²) in [6.45, 7) is 5.22. The molecule has 0 aliphatic heterocycles. The summed E-state index contributed by atoms with van der Waals surface area (Å²) < 4.78 is 0. The third kappa shape index (κ3) is 6.24. The van der Waals surface area contributed by atoms with Crippen molar-refractivity contribution >= 4 is 17.9 Å². The Bertz CT molecular complexity index is 740. The monoisotopic (exact) mass is 366 g/mol. The molecule has 27 heavy (non-hydrogen) atoms. The van der Waals surface area contributed by atoms with Crippen molar-refractivity contribution in [1.29, 1.82) is 0 Å². The van der Waals surface area contributed by atoms with Crippen molar-refractivity contribution in [2.75, 3.05) is 18.5 Å². The molecule has 4 heteroatoms. The molecule has 2 aromatic carbocycles. The smallest absolute Gasteiger partial charge is 0.220 e. The van der Waals surface area contributed by atoms with E-state index in [1.807, 2.05) is 19.1 Å². The molecule has 0 heterocycles. The molecule has 1 N–H and O–H groups in total. The van der Waals surface area contributed by atoms with Crippen LogP contribution in [0.25, 0.3) is 11.1 Å². The van der Waals surface area contributed by atoms with Gasteiger partial charge in [0, 0.05) is 32.1 Å². The second kappa shape index (κ2) is 10.5. The van der Waals surface area contributed by atoms with Crippen LogP contribution in [0, 0.1) is 0 Å². The maximum Gasteiger partial charge on any atom is 0.220 e. The topological polar surface area (TPSA) is 49.4 Å². The van der Waals surface area contributed by atoms with Crippen LogP contribution in [0.15, 0.2) is 48.5 Å². The minimum absolute atomic E-state index is 0.0790. The first kappa shape index (κ1) is 20.7. The van der Waals surface area contributed by atoms with Gasteiger partial charge in [-0.2, -0.15) is 0 Å². The fraction of sp³-hybridized carbons (Fsp3) is 0.391. The number of carbonyl (C=O) groups is 2. The zero-order valence-electron chi connectivity index (χ0n) is 16.6. The second-order valence-electron chi connectivity index (χ2n) is 6.94. The zero-order chi connectivity index (χ0) is 19.6. The molecule has 0 aliphatic rings. The van der Waals surface area contributed by atoms with Crippen molar-refractivity contribution in [3.05, 3.63) is 54.1 Å². The predicted octanol–water partition coefficient (Wildman–Crippen LogP) is 4.75. The summed E-state index contributed by atoms with van der Waals surface area (Å²) in [5.41, 5.74) is 4.62. The van der Waals surface area contributed by atoms with E-state index < -0.39 is 0 Å². The molecule has 0 saturated carbocycles. The summed E-state index contributed by atoms with van der Waals surface area (Å²) >= 11 is 0. The normalized spacial score (nSPS) is 11.7. The minimum Gasteiger partial charge on any atom is -0.375 e. The maximum atomic E-state index is 11.8. The van der Waals surface area contributed by atoms with E-state index in [0.29, 0.717) is 0 Å². The van der Waals surface area contributed by atoms with Gasteiger partial charge in [0.05, 0.1) is 6.04 Å². The van der Waals surface area contributed by atoms with Crippen molar-refractivity contribution < 1.29 is 9.59 Å². The Morgan fingerprint density at radius 1 is 1.15 bits per heavy atom. The summed E-state index contributed by atoms with van der Waals surface area (Å²) in [6.07, 6.45) is 3.65. The number of hydrogen-bond acceptors (Lipinski definition) is 3. The van der Waals surface area contributed by atoms with Crippen LogP contribution in [0.5, 0.6) is 0 Å². The first-order chi connectivity index (χ1) is 13.0. The molecule has 0 aromatic heterocycles. The van der Waals surface area contributed by atoms with Gasteiger partial charge in [-0.25, -0.2) is 0 Å². The molecule has 0 fully saturated rings. The van der Waals surface area contributed by atoms with Crippen molar-refractivity contribution in [3.8, 4) is 11.1 Å². The SMILES string of the molecule is CCCCN(C)c1cccc(-c2ccc(C(C)NC(=O)CCC=O)cc2)c1. The standard InChI is InChI=1S/C23H30N2O2/c1-4-5-15-25(3)22-9-6-8-21(17-22)20-13-11-19(12-14-20)18(2)24-23(27)10-7-16-26/h6,8-9,11-14,16-18H,4-5,7,10,15H2,1-3H3,(H,24,27). The summed E-state index contributed by atoms with van der Waals surface area (Å²) in [4.78, 5) is 24.4. The molecule has 144 valence electrons. The number of unbranched alkanes of at least 4 members (excludes halogenated alkanes) is 1. The number of anilines is 1. The first-order valence-electron chi connectivity index (χ1n) is 9.69. The van der Waals surface area contributed by atoms with E-state index in [0.717, 1.165) is 24.0 Å². The van der Waals surface area contributed by atoms with E-state index in [2.05, 4.69) is 60.6 Å². The number of aldehydes is 1. The lowest BCUT2D eigenvalue weighted by atomic mass is 10.0. The second-order valence-corrected chi connectivity index (χ2v) is 6.94. The predicted molar refractivity (Wildman–Crippen MR) is 112 cm³/mol. The van der Waals surface area contributed by atoms with Crippen LogP contribution in [0.3, 0.4) is 0 Å². The van der Waals surface area contributed by atoms with Gasteiger partial charge in [-0.05, 0) is 42.2 Å². The average molecular weight is 367 g/mol. The fourth-order valence-electron chi connectivity index (χ4n) is 3.00. The molecule has 1 amide bonds. The van der Waals surface area contributed by atoms with Gasteiger partial charge in [-0.15, -0.1) is 0 Å². The number of rotatable bonds is 10. The van der Waals surface area contributed by atoms with Crippen LogP contribution >= 0.6 is 0 Å². The van der Waals surface area contributed by atoms with Gasteiger partial charge < -0.3 is 15.0 Å². The average Bonchev–Trinajstić information content (AvgIpc) is 2.70. The Morgan fingerprint density at radius 2 is 1.89 bits per heavy atom. The highest BCUT2D eigenvalue weighted by atomic mass is 16.1. The molecule has 0 spiro atoms. The fourth-order valence-corrected chi connectivity index (χ4v) is 3.00. The highest BCUT2D eigenvalue weighted by molar-refractivity contribution is 5.78. The molecule has 0 radical (unpaired) electrons. The summed E-state index contributed by atoms with van der Waals surface area (Å²) in [5.74, 6) is -0.0958. The van der Waals surface area contributed by atoms with E-state index in [-0.39, 0.29) is 24.8 Å². The van der Waals surface area contributed by atoms with Gasteiger partial charge in [0.15, 0.2) is 0 Å². The Kier molecular flexibility index (Phi) is 8.05. The van der Waals surface area contributed by atoms with Crippen LogP contribution < -0.4 is 10.2 Å². The van der Waals surface area contributed by atoms with Crippen LogP contribution in [0.2, 0.25) is 0 Å². The third-order valence-corrected chi connectivity index (χ3v) is 4.74. The highest BCUT2D eigenvalue weighted by Crippen LogP contribution is 2.26. The van der Waals surface area contributed by atoms with Gasteiger partial charge in [-0.1, -0.05) is 49.7 Å². The van der Waals surface area contributed by atoms with Crippen molar-refractivity contribution in [1.82, 2.24) is 5.32 Å². The van der Waals surface area contributed by atoms with E-state index >= 15 is 0 Å². The number of nitrogens with one attached hydrogen (secondary N) is 1. The van der Waals surface area contributed by atoms with Crippen molar-refractivity contribution in [3.63, 3.8) is 0 Å². The van der Waals surface area contributed by atoms with Crippen molar-refractivity contribution in [2.45, 2.75) is 45.6 Å². The van der Waals surface area contributed by atoms with Crippen LogP contribution in [-0.4, -0.2) is 25.8 Å². The molecule has 0 aliphatic carbocycles. The van der Waals surface area contributed by atoms with E-state index in [4.69, 9.17) is 0 Å². The Balaban J connectivity index is 2.06. The molecule has 2 aromatic rings. The summed E-state index contributed by atoms with van der Waals surface area (Å²) in [5, 5.41) is 2.93. The van der Waals surface area contributed by atoms with E-state index in [9.17, 15) is 9.59 Å². The third-order valence-electron chi connectivity index (χ3n) is 4.74. The number of carbonyl (C=O) groups excluding carboxylic acids is 2.